The summed E-state index contributed by atoms with van der Waals surface area (Å²) in [6.07, 6.45) is 5.77. The van der Waals surface area contributed by atoms with Crippen molar-refractivity contribution in [2.45, 2.75) is 38.5 Å². The molecule has 1 aliphatic heterocycles. The van der Waals surface area contributed by atoms with E-state index < -0.39 is 0 Å². The predicted molar refractivity (Wildman–Crippen MR) is 52.3 cm³/mol. The Balaban J connectivity index is 1.90. The fourth-order valence-corrected chi connectivity index (χ4v) is 2.17. The number of piperidine rings is 1. The van der Waals surface area contributed by atoms with Gasteiger partial charge < -0.3 is 4.90 Å². The standard InChI is InChI=1S/C11H16N2O/c12-7-6-11(4-5-11)9-13-8-2-1-3-10(13)14/h1-6,8-9H2. The van der Waals surface area contributed by atoms with E-state index in [1.54, 1.807) is 0 Å². The molecule has 2 aliphatic rings. The molecule has 0 aromatic heterocycles. The Hall–Kier alpha value is -1.04. The van der Waals surface area contributed by atoms with Gasteiger partial charge in [-0.05, 0) is 25.7 Å². The van der Waals surface area contributed by atoms with Gasteiger partial charge in [0.2, 0.25) is 5.91 Å². The largest absolute Gasteiger partial charge is 0.342 e. The molecule has 3 nitrogen and oxygen atoms in total. The Morgan fingerprint density at radius 1 is 1.43 bits per heavy atom. The lowest BCUT2D eigenvalue weighted by Gasteiger charge is -2.29. The number of hydrogen-bond donors (Lipinski definition) is 0. The van der Waals surface area contributed by atoms with Gasteiger partial charge in [-0.1, -0.05) is 0 Å². The first-order chi connectivity index (χ1) is 6.76. The lowest BCUT2D eigenvalue weighted by molar-refractivity contribution is -0.134. The molecule has 3 heteroatoms. The molecule has 1 heterocycles. The van der Waals surface area contributed by atoms with Gasteiger partial charge in [0.05, 0.1) is 6.07 Å². The number of hydrogen-bond acceptors (Lipinski definition) is 2. The average molecular weight is 192 g/mol. The summed E-state index contributed by atoms with van der Waals surface area (Å²) >= 11 is 0. The maximum atomic E-state index is 11.5. The van der Waals surface area contributed by atoms with E-state index in [2.05, 4.69) is 6.07 Å². The third-order valence-electron chi connectivity index (χ3n) is 3.36. The Morgan fingerprint density at radius 3 is 2.79 bits per heavy atom. The summed E-state index contributed by atoms with van der Waals surface area (Å²) in [6, 6.07) is 2.24. The highest BCUT2D eigenvalue weighted by Crippen LogP contribution is 2.49. The van der Waals surface area contributed by atoms with Gasteiger partial charge in [-0.15, -0.1) is 0 Å². The van der Waals surface area contributed by atoms with Crippen LogP contribution in [0.1, 0.15) is 38.5 Å². The first-order valence-electron chi connectivity index (χ1n) is 5.41. The molecule has 0 atom stereocenters. The van der Waals surface area contributed by atoms with Gasteiger partial charge in [0.25, 0.3) is 0 Å². The van der Waals surface area contributed by atoms with E-state index >= 15 is 0 Å². The van der Waals surface area contributed by atoms with E-state index in [-0.39, 0.29) is 5.41 Å². The Kier molecular flexibility index (Phi) is 2.45. The molecule has 0 aromatic carbocycles. The van der Waals surface area contributed by atoms with Crippen molar-refractivity contribution in [1.82, 2.24) is 4.90 Å². The maximum Gasteiger partial charge on any atom is 0.222 e. The summed E-state index contributed by atoms with van der Waals surface area (Å²) in [5.41, 5.74) is 0.182. The summed E-state index contributed by atoms with van der Waals surface area (Å²) in [5.74, 6) is 0.292. The molecule has 1 saturated carbocycles. The quantitative estimate of drug-likeness (QED) is 0.683. The lowest BCUT2D eigenvalue weighted by Crippen LogP contribution is -2.39. The lowest BCUT2D eigenvalue weighted by atomic mass is 10.0. The van der Waals surface area contributed by atoms with Crippen LogP contribution in [0, 0.1) is 16.7 Å². The molecular weight excluding hydrogens is 176 g/mol. The van der Waals surface area contributed by atoms with Gasteiger partial charge >= 0.3 is 0 Å². The third kappa shape index (κ3) is 1.89. The zero-order valence-electron chi connectivity index (χ0n) is 8.46. The van der Waals surface area contributed by atoms with Crippen LogP contribution >= 0.6 is 0 Å². The second-order valence-electron chi connectivity index (χ2n) is 4.61. The number of nitrogens with zero attached hydrogens (tertiary/aromatic N) is 2. The smallest absolute Gasteiger partial charge is 0.222 e. The fraction of sp³-hybridized carbons (Fsp3) is 0.818. The van der Waals surface area contributed by atoms with Gasteiger partial charge in [-0.2, -0.15) is 5.26 Å². The van der Waals surface area contributed by atoms with E-state index in [4.69, 9.17) is 5.26 Å². The zero-order valence-corrected chi connectivity index (χ0v) is 8.46. The van der Waals surface area contributed by atoms with Crippen molar-refractivity contribution in [2.75, 3.05) is 13.1 Å². The molecule has 1 aliphatic carbocycles. The highest BCUT2D eigenvalue weighted by molar-refractivity contribution is 5.76. The van der Waals surface area contributed by atoms with Crippen LogP contribution in [0.4, 0.5) is 0 Å². The van der Waals surface area contributed by atoms with Crippen molar-refractivity contribution in [3.05, 3.63) is 0 Å². The van der Waals surface area contributed by atoms with Crippen LogP contribution < -0.4 is 0 Å². The Bertz CT molecular complexity index is 276. The molecule has 1 amide bonds. The van der Waals surface area contributed by atoms with Crippen molar-refractivity contribution in [1.29, 1.82) is 5.26 Å². The predicted octanol–water partition coefficient (Wildman–Crippen LogP) is 1.69. The molecule has 0 unspecified atom stereocenters. The van der Waals surface area contributed by atoms with E-state index in [0.29, 0.717) is 18.7 Å². The second-order valence-corrected chi connectivity index (χ2v) is 4.61. The van der Waals surface area contributed by atoms with Gasteiger partial charge in [-0.3, -0.25) is 4.79 Å². The first kappa shape index (κ1) is 9.51. The minimum Gasteiger partial charge on any atom is -0.342 e. The van der Waals surface area contributed by atoms with Crippen LogP contribution in [0.25, 0.3) is 0 Å². The summed E-state index contributed by atoms with van der Waals surface area (Å²) in [6.45, 7) is 1.74. The molecule has 76 valence electrons. The molecule has 0 aromatic rings. The second kappa shape index (κ2) is 3.61. The highest BCUT2D eigenvalue weighted by Gasteiger charge is 2.44. The third-order valence-corrected chi connectivity index (χ3v) is 3.36. The molecule has 0 spiro atoms. The fourth-order valence-electron chi connectivity index (χ4n) is 2.17. The number of amides is 1. The van der Waals surface area contributed by atoms with Crippen LogP contribution in [0.5, 0.6) is 0 Å². The van der Waals surface area contributed by atoms with Crippen LogP contribution in [-0.2, 0) is 4.79 Å². The topological polar surface area (TPSA) is 44.1 Å². The minimum absolute atomic E-state index is 0.182. The summed E-state index contributed by atoms with van der Waals surface area (Å²) in [5, 5.41) is 8.68. The summed E-state index contributed by atoms with van der Waals surface area (Å²) in [4.78, 5) is 13.5. The van der Waals surface area contributed by atoms with Crippen LogP contribution in [0.2, 0.25) is 0 Å². The molecule has 14 heavy (non-hydrogen) atoms. The van der Waals surface area contributed by atoms with Gasteiger partial charge in [0, 0.05) is 31.3 Å². The van der Waals surface area contributed by atoms with Crippen molar-refractivity contribution in [2.24, 2.45) is 5.41 Å². The van der Waals surface area contributed by atoms with Crippen molar-refractivity contribution in [3.63, 3.8) is 0 Å². The van der Waals surface area contributed by atoms with Crippen molar-refractivity contribution in [3.8, 4) is 6.07 Å². The normalized spacial score (nSPS) is 24.5. The molecule has 2 fully saturated rings. The summed E-state index contributed by atoms with van der Waals surface area (Å²) in [7, 11) is 0. The molecule has 0 N–H and O–H groups in total. The van der Waals surface area contributed by atoms with E-state index in [1.807, 2.05) is 4.90 Å². The van der Waals surface area contributed by atoms with E-state index in [1.165, 1.54) is 0 Å². The zero-order chi connectivity index (χ0) is 10.0. The van der Waals surface area contributed by atoms with E-state index in [0.717, 1.165) is 38.8 Å². The SMILES string of the molecule is N#CCC1(CN2CCCCC2=O)CC1. The van der Waals surface area contributed by atoms with Crippen molar-refractivity contribution >= 4 is 5.91 Å². The maximum absolute atomic E-state index is 11.5. The number of rotatable bonds is 3. The van der Waals surface area contributed by atoms with E-state index in [9.17, 15) is 4.79 Å². The molecule has 1 saturated heterocycles. The Labute approximate surface area is 84.7 Å². The summed E-state index contributed by atoms with van der Waals surface area (Å²) < 4.78 is 0. The molecule has 0 bridgehead atoms. The van der Waals surface area contributed by atoms with Crippen molar-refractivity contribution < 1.29 is 4.79 Å². The van der Waals surface area contributed by atoms with Gasteiger partial charge in [-0.25, -0.2) is 0 Å². The number of carbonyl (C=O) groups excluding carboxylic acids is 1. The first-order valence-corrected chi connectivity index (χ1v) is 5.41. The van der Waals surface area contributed by atoms with Gasteiger partial charge in [0.15, 0.2) is 0 Å². The number of likely N-dealkylation sites (tertiary alicyclic amines) is 1. The van der Waals surface area contributed by atoms with Gasteiger partial charge in [0.1, 0.15) is 0 Å². The molecule has 0 radical (unpaired) electrons. The minimum atomic E-state index is 0.182. The van der Waals surface area contributed by atoms with Crippen LogP contribution in [0.3, 0.4) is 0 Å². The monoisotopic (exact) mass is 192 g/mol. The van der Waals surface area contributed by atoms with Crippen LogP contribution in [-0.4, -0.2) is 23.9 Å². The van der Waals surface area contributed by atoms with Crippen LogP contribution in [0.15, 0.2) is 0 Å². The highest BCUT2D eigenvalue weighted by atomic mass is 16.2. The number of carbonyl (C=O) groups is 1. The average Bonchev–Trinajstić information content (AvgIpc) is 2.90. The molecular formula is C11H16N2O. The number of nitriles is 1. The molecule has 2 rings (SSSR count). The Morgan fingerprint density at radius 2 is 2.21 bits per heavy atom.